The van der Waals surface area contributed by atoms with E-state index in [1.807, 2.05) is 7.05 Å². The highest BCUT2D eigenvalue weighted by Crippen LogP contribution is 2.37. The number of hydrogen-bond donors (Lipinski definition) is 1. The van der Waals surface area contributed by atoms with Gasteiger partial charge in [-0.3, -0.25) is 0 Å². The fraction of sp³-hybridized carbons (Fsp3) is 0.786. The first-order valence-corrected chi connectivity index (χ1v) is 7.21. The normalized spacial score (nSPS) is 28.2. The van der Waals surface area contributed by atoms with Crippen molar-refractivity contribution < 1.29 is 4.42 Å². The van der Waals surface area contributed by atoms with Gasteiger partial charge in [0.05, 0.1) is 5.69 Å². The van der Waals surface area contributed by atoms with Crippen LogP contribution in [0.25, 0.3) is 0 Å². The lowest BCUT2D eigenvalue weighted by Gasteiger charge is -2.40. The summed E-state index contributed by atoms with van der Waals surface area (Å²) in [6.45, 7) is 3.04. The molecule has 2 fully saturated rings. The van der Waals surface area contributed by atoms with Crippen molar-refractivity contribution >= 4 is 6.01 Å². The zero-order valence-corrected chi connectivity index (χ0v) is 11.2. The highest BCUT2D eigenvalue weighted by atomic mass is 16.4. The van der Waals surface area contributed by atoms with Crippen LogP contribution in [0.15, 0.2) is 10.7 Å². The number of nitrogens with zero attached hydrogens (tertiary/aromatic N) is 2. The summed E-state index contributed by atoms with van der Waals surface area (Å²) in [5, 5.41) is 3.10. The molecule has 0 amide bonds. The first-order chi connectivity index (χ1) is 8.86. The van der Waals surface area contributed by atoms with E-state index < -0.39 is 0 Å². The smallest absolute Gasteiger partial charge is 0.297 e. The maximum absolute atomic E-state index is 5.61. The number of hydrogen-bond acceptors (Lipinski definition) is 4. The molecule has 0 radical (unpaired) electrons. The number of piperidine rings is 1. The van der Waals surface area contributed by atoms with Crippen molar-refractivity contribution in [3.63, 3.8) is 0 Å². The Labute approximate surface area is 109 Å². The molecule has 1 aromatic heterocycles. The van der Waals surface area contributed by atoms with Crippen molar-refractivity contribution in [1.82, 2.24) is 10.3 Å². The summed E-state index contributed by atoms with van der Waals surface area (Å²) in [6.07, 6.45) is 8.77. The first kappa shape index (κ1) is 12.0. The third-order valence-corrected chi connectivity index (χ3v) is 4.46. The summed E-state index contributed by atoms with van der Waals surface area (Å²) in [5.41, 5.74) is 0.998. The van der Waals surface area contributed by atoms with Crippen LogP contribution in [0.3, 0.4) is 0 Å². The second kappa shape index (κ2) is 5.31. The second-order valence-electron chi connectivity index (χ2n) is 5.69. The molecular formula is C14H23N3O. The Kier molecular flexibility index (Phi) is 3.55. The molecule has 0 bridgehead atoms. The van der Waals surface area contributed by atoms with E-state index in [9.17, 15) is 0 Å². The Morgan fingerprint density at radius 3 is 3.00 bits per heavy atom. The minimum Gasteiger partial charge on any atom is -0.432 e. The van der Waals surface area contributed by atoms with E-state index in [0.717, 1.165) is 43.2 Å². The van der Waals surface area contributed by atoms with Crippen LogP contribution in [0.1, 0.15) is 37.8 Å². The van der Waals surface area contributed by atoms with Crippen LogP contribution >= 0.6 is 0 Å². The highest BCUT2D eigenvalue weighted by Gasteiger charge is 2.32. The standard InChI is InChI=1S/C14H23N3O/c1-15-8-13-10-18-14(16-13)17-7-6-11-4-2-3-5-12(11)9-17/h10-12,15H,2-9H2,1H3. The molecule has 0 aromatic carbocycles. The van der Waals surface area contributed by atoms with Crippen LogP contribution in [-0.4, -0.2) is 25.1 Å². The number of rotatable bonds is 3. The maximum atomic E-state index is 5.61. The quantitative estimate of drug-likeness (QED) is 0.893. The minimum absolute atomic E-state index is 0.781. The summed E-state index contributed by atoms with van der Waals surface area (Å²) >= 11 is 0. The van der Waals surface area contributed by atoms with Gasteiger partial charge < -0.3 is 14.6 Å². The number of oxazole rings is 1. The average Bonchev–Trinajstić information content (AvgIpc) is 2.87. The molecule has 2 heterocycles. The molecule has 2 aliphatic rings. The zero-order valence-electron chi connectivity index (χ0n) is 11.2. The molecule has 2 atom stereocenters. The van der Waals surface area contributed by atoms with E-state index in [2.05, 4.69) is 15.2 Å². The molecule has 100 valence electrons. The van der Waals surface area contributed by atoms with Gasteiger partial charge >= 0.3 is 0 Å². The van der Waals surface area contributed by atoms with Gasteiger partial charge in [0.2, 0.25) is 0 Å². The topological polar surface area (TPSA) is 41.3 Å². The molecule has 1 saturated heterocycles. The molecule has 1 aliphatic heterocycles. The van der Waals surface area contributed by atoms with Crippen LogP contribution < -0.4 is 10.2 Å². The summed E-state index contributed by atoms with van der Waals surface area (Å²) < 4.78 is 5.61. The first-order valence-electron chi connectivity index (χ1n) is 7.21. The Balaban J connectivity index is 1.65. The Morgan fingerprint density at radius 2 is 2.17 bits per heavy atom. The molecule has 1 saturated carbocycles. The van der Waals surface area contributed by atoms with E-state index in [1.165, 1.54) is 32.1 Å². The van der Waals surface area contributed by atoms with Crippen molar-refractivity contribution in [2.75, 3.05) is 25.0 Å². The van der Waals surface area contributed by atoms with Crippen LogP contribution in [0.4, 0.5) is 6.01 Å². The van der Waals surface area contributed by atoms with Gasteiger partial charge in [0.1, 0.15) is 6.26 Å². The summed E-state index contributed by atoms with van der Waals surface area (Å²) in [4.78, 5) is 6.90. The van der Waals surface area contributed by atoms with Crippen LogP contribution in [0, 0.1) is 11.8 Å². The maximum Gasteiger partial charge on any atom is 0.297 e. The molecule has 1 N–H and O–H groups in total. The van der Waals surface area contributed by atoms with E-state index in [-0.39, 0.29) is 0 Å². The third-order valence-electron chi connectivity index (χ3n) is 4.46. The number of nitrogens with one attached hydrogen (secondary N) is 1. The largest absolute Gasteiger partial charge is 0.432 e. The van der Waals surface area contributed by atoms with Gasteiger partial charge in [-0.05, 0) is 31.7 Å². The average molecular weight is 249 g/mol. The Hall–Kier alpha value is -1.03. The van der Waals surface area contributed by atoms with Crippen molar-refractivity contribution in [1.29, 1.82) is 0 Å². The number of fused-ring (bicyclic) bond motifs is 1. The Bertz CT molecular complexity index is 390. The predicted molar refractivity (Wildman–Crippen MR) is 71.5 cm³/mol. The zero-order chi connectivity index (χ0) is 12.4. The van der Waals surface area contributed by atoms with Gasteiger partial charge in [-0.25, -0.2) is 0 Å². The minimum atomic E-state index is 0.781. The van der Waals surface area contributed by atoms with E-state index in [1.54, 1.807) is 6.26 Å². The monoisotopic (exact) mass is 249 g/mol. The van der Waals surface area contributed by atoms with Gasteiger partial charge in [-0.15, -0.1) is 0 Å². The van der Waals surface area contributed by atoms with Crippen LogP contribution in [0.5, 0.6) is 0 Å². The van der Waals surface area contributed by atoms with Crippen molar-refractivity contribution in [3.8, 4) is 0 Å². The molecule has 1 aromatic rings. The molecular weight excluding hydrogens is 226 g/mol. The lowest BCUT2D eigenvalue weighted by Crippen LogP contribution is -2.42. The fourth-order valence-electron chi connectivity index (χ4n) is 3.48. The highest BCUT2D eigenvalue weighted by molar-refractivity contribution is 5.28. The van der Waals surface area contributed by atoms with Crippen LogP contribution in [-0.2, 0) is 6.54 Å². The summed E-state index contributed by atoms with van der Waals surface area (Å²) in [7, 11) is 1.93. The molecule has 3 rings (SSSR count). The lowest BCUT2D eigenvalue weighted by molar-refractivity contribution is 0.198. The van der Waals surface area contributed by atoms with Gasteiger partial charge in [-0.1, -0.05) is 19.3 Å². The van der Waals surface area contributed by atoms with Gasteiger partial charge in [-0.2, -0.15) is 4.98 Å². The van der Waals surface area contributed by atoms with Gasteiger partial charge in [0.25, 0.3) is 6.01 Å². The third kappa shape index (κ3) is 2.39. The molecule has 1 aliphatic carbocycles. The van der Waals surface area contributed by atoms with Gasteiger partial charge in [0, 0.05) is 19.6 Å². The lowest BCUT2D eigenvalue weighted by atomic mass is 9.75. The molecule has 2 unspecified atom stereocenters. The molecule has 4 heteroatoms. The van der Waals surface area contributed by atoms with E-state index in [0.29, 0.717) is 0 Å². The molecule has 4 nitrogen and oxygen atoms in total. The van der Waals surface area contributed by atoms with E-state index in [4.69, 9.17) is 4.42 Å². The van der Waals surface area contributed by atoms with Crippen molar-refractivity contribution in [3.05, 3.63) is 12.0 Å². The van der Waals surface area contributed by atoms with Crippen LogP contribution in [0.2, 0.25) is 0 Å². The van der Waals surface area contributed by atoms with Gasteiger partial charge in [0.15, 0.2) is 0 Å². The summed E-state index contributed by atoms with van der Waals surface area (Å²) in [5.74, 6) is 1.83. The molecule has 18 heavy (non-hydrogen) atoms. The van der Waals surface area contributed by atoms with E-state index >= 15 is 0 Å². The van der Waals surface area contributed by atoms with Crippen molar-refractivity contribution in [2.45, 2.75) is 38.6 Å². The number of anilines is 1. The summed E-state index contributed by atoms with van der Waals surface area (Å²) in [6, 6.07) is 0.823. The Morgan fingerprint density at radius 1 is 1.33 bits per heavy atom. The SMILES string of the molecule is CNCc1coc(N2CCC3CCCCC3C2)n1. The second-order valence-corrected chi connectivity index (χ2v) is 5.69. The molecule has 0 spiro atoms. The fourth-order valence-corrected chi connectivity index (χ4v) is 3.48. The predicted octanol–water partition coefficient (Wildman–Crippen LogP) is 2.41. The number of aromatic nitrogens is 1. The van der Waals surface area contributed by atoms with Crippen molar-refractivity contribution in [2.24, 2.45) is 11.8 Å².